The Labute approximate surface area is 195 Å². The summed E-state index contributed by atoms with van der Waals surface area (Å²) in [4.78, 5) is 12.8. The summed E-state index contributed by atoms with van der Waals surface area (Å²) in [5, 5.41) is 4.88. The highest BCUT2D eigenvalue weighted by Crippen LogP contribution is 2.36. The molecule has 0 spiro atoms. The summed E-state index contributed by atoms with van der Waals surface area (Å²) < 4.78 is 9.74. The van der Waals surface area contributed by atoms with Crippen molar-refractivity contribution in [3.05, 3.63) is 94.0 Å². The standard InChI is InChI=1S/C26H27N3O2.C2H6/c1-26(2)25-22(11-13-27-26)21-10-9-19(15-23(21)28(25)3)29-14-12-20(16-24(29)30)31-17-18-7-5-4-6-8-18;1-2/h4-10,12,14-16,27H,11,13,17H2,1-3H3;1-2H3. The molecule has 5 heteroatoms. The number of benzene rings is 2. The predicted molar refractivity (Wildman–Crippen MR) is 135 cm³/mol. The summed E-state index contributed by atoms with van der Waals surface area (Å²) in [6.45, 7) is 9.87. The number of aromatic nitrogens is 2. The van der Waals surface area contributed by atoms with Crippen LogP contribution in [0, 0.1) is 0 Å². The minimum absolute atomic E-state index is 0.0733. The molecule has 4 aromatic rings. The molecule has 0 saturated heterocycles. The zero-order chi connectivity index (χ0) is 23.6. The van der Waals surface area contributed by atoms with E-state index in [1.54, 1.807) is 16.8 Å². The first kappa shape index (κ1) is 22.9. The molecule has 2 aromatic carbocycles. The van der Waals surface area contributed by atoms with Crippen LogP contribution in [-0.4, -0.2) is 15.7 Å². The van der Waals surface area contributed by atoms with Gasteiger partial charge in [0.05, 0.1) is 16.7 Å². The van der Waals surface area contributed by atoms with Crippen molar-refractivity contribution in [1.29, 1.82) is 0 Å². The van der Waals surface area contributed by atoms with Gasteiger partial charge in [0.2, 0.25) is 0 Å². The number of hydrogen-bond donors (Lipinski definition) is 1. The number of rotatable bonds is 4. The van der Waals surface area contributed by atoms with Crippen molar-refractivity contribution in [2.45, 2.75) is 46.3 Å². The molecule has 1 N–H and O–H groups in total. The first-order valence-electron chi connectivity index (χ1n) is 11.7. The van der Waals surface area contributed by atoms with E-state index in [4.69, 9.17) is 4.74 Å². The van der Waals surface area contributed by atoms with E-state index in [0.717, 1.165) is 29.7 Å². The number of hydrogen-bond acceptors (Lipinski definition) is 3. The highest BCUT2D eigenvalue weighted by molar-refractivity contribution is 5.88. The van der Waals surface area contributed by atoms with Crippen LogP contribution in [0.1, 0.15) is 44.5 Å². The Balaban J connectivity index is 0.00000126. The second-order valence-corrected chi connectivity index (χ2v) is 8.73. The Kier molecular flexibility index (Phi) is 6.43. The number of nitrogens with one attached hydrogen (secondary N) is 1. The summed E-state index contributed by atoms with van der Waals surface area (Å²) in [5.74, 6) is 0.577. The topological polar surface area (TPSA) is 48.2 Å². The van der Waals surface area contributed by atoms with Gasteiger partial charge in [-0.05, 0) is 49.6 Å². The minimum atomic E-state index is -0.106. The summed E-state index contributed by atoms with van der Waals surface area (Å²) in [6.07, 6.45) is 2.81. The van der Waals surface area contributed by atoms with Gasteiger partial charge in [0, 0.05) is 36.9 Å². The second kappa shape index (κ2) is 9.28. The molecule has 0 radical (unpaired) electrons. The first-order chi connectivity index (χ1) is 15.9. The van der Waals surface area contributed by atoms with Crippen molar-refractivity contribution in [2.24, 2.45) is 7.05 Å². The lowest BCUT2D eigenvalue weighted by molar-refractivity contribution is 0.305. The third-order valence-electron chi connectivity index (χ3n) is 6.24. The zero-order valence-electron chi connectivity index (χ0n) is 20.2. The Morgan fingerprint density at radius 1 is 1.03 bits per heavy atom. The maximum atomic E-state index is 12.8. The van der Waals surface area contributed by atoms with Crippen LogP contribution in [0.15, 0.2) is 71.7 Å². The van der Waals surface area contributed by atoms with Crippen LogP contribution < -0.4 is 15.6 Å². The van der Waals surface area contributed by atoms with E-state index in [1.165, 1.54) is 16.6 Å². The molecule has 0 aliphatic carbocycles. The first-order valence-corrected chi connectivity index (χ1v) is 11.7. The van der Waals surface area contributed by atoms with Crippen molar-refractivity contribution in [2.75, 3.05) is 6.54 Å². The molecule has 33 heavy (non-hydrogen) atoms. The molecular weight excluding hydrogens is 410 g/mol. The molecule has 1 aliphatic rings. The molecule has 0 amide bonds. The Bertz CT molecular complexity index is 1320. The van der Waals surface area contributed by atoms with Crippen molar-refractivity contribution < 1.29 is 4.74 Å². The summed E-state index contributed by atoms with van der Waals surface area (Å²) in [7, 11) is 2.11. The maximum Gasteiger partial charge on any atom is 0.258 e. The van der Waals surface area contributed by atoms with Gasteiger partial charge in [0.15, 0.2) is 0 Å². The van der Waals surface area contributed by atoms with Crippen LogP contribution >= 0.6 is 0 Å². The van der Waals surface area contributed by atoms with Crippen LogP contribution in [0.2, 0.25) is 0 Å². The van der Waals surface area contributed by atoms with Gasteiger partial charge < -0.3 is 14.6 Å². The molecule has 0 bridgehead atoms. The molecule has 0 unspecified atom stereocenters. The molecule has 5 nitrogen and oxygen atoms in total. The third kappa shape index (κ3) is 4.33. The summed E-state index contributed by atoms with van der Waals surface area (Å²) in [6, 6.07) is 19.6. The zero-order valence-corrected chi connectivity index (χ0v) is 20.2. The molecule has 0 atom stereocenters. The van der Waals surface area contributed by atoms with Crippen molar-refractivity contribution in [1.82, 2.24) is 14.5 Å². The van der Waals surface area contributed by atoms with E-state index in [1.807, 2.05) is 56.3 Å². The molecule has 2 aromatic heterocycles. The van der Waals surface area contributed by atoms with Crippen LogP contribution in [0.3, 0.4) is 0 Å². The molecule has 1 aliphatic heterocycles. The van der Waals surface area contributed by atoms with E-state index >= 15 is 0 Å². The largest absolute Gasteiger partial charge is 0.489 e. The van der Waals surface area contributed by atoms with Gasteiger partial charge in [-0.3, -0.25) is 9.36 Å². The fourth-order valence-corrected chi connectivity index (χ4v) is 4.79. The average molecular weight is 444 g/mol. The van der Waals surface area contributed by atoms with Gasteiger partial charge in [0.25, 0.3) is 5.56 Å². The van der Waals surface area contributed by atoms with E-state index in [9.17, 15) is 4.79 Å². The van der Waals surface area contributed by atoms with Gasteiger partial charge in [0.1, 0.15) is 12.4 Å². The van der Waals surface area contributed by atoms with Gasteiger partial charge in [-0.15, -0.1) is 0 Å². The van der Waals surface area contributed by atoms with Crippen LogP contribution in [0.25, 0.3) is 16.6 Å². The highest BCUT2D eigenvalue weighted by atomic mass is 16.5. The highest BCUT2D eigenvalue weighted by Gasteiger charge is 2.32. The lowest BCUT2D eigenvalue weighted by Gasteiger charge is -2.33. The monoisotopic (exact) mass is 443 g/mol. The molecule has 0 saturated carbocycles. The van der Waals surface area contributed by atoms with Crippen LogP contribution in [0.5, 0.6) is 5.75 Å². The summed E-state index contributed by atoms with van der Waals surface area (Å²) in [5.41, 5.74) is 5.63. The fraction of sp³-hybridized carbons (Fsp3) is 0.321. The predicted octanol–water partition coefficient (Wildman–Crippen LogP) is 5.32. The third-order valence-corrected chi connectivity index (χ3v) is 6.24. The SMILES string of the molecule is CC.Cn1c2c(c3ccc(-n4ccc(OCc5ccccc5)cc4=O)cc31)CCNC2(C)C. The number of fused-ring (bicyclic) bond motifs is 3. The lowest BCUT2D eigenvalue weighted by atomic mass is 9.90. The van der Waals surface area contributed by atoms with E-state index in [2.05, 4.69) is 42.9 Å². The number of nitrogens with zero attached hydrogens (tertiary/aromatic N) is 2. The van der Waals surface area contributed by atoms with E-state index in [0.29, 0.717) is 12.4 Å². The number of pyridine rings is 1. The van der Waals surface area contributed by atoms with E-state index in [-0.39, 0.29) is 11.1 Å². The van der Waals surface area contributed by atoms with Gasteiger partial charge in [-0.2, -0.15) is 0 Å². The van der Waals surface area contributed by atoms with Crippen LogP contribution in [0.4, 0.5) is 0 Å². The van der Waals surface area contributed by atoms with Crippen molar-refractivity contribution >= 4 is 10.9 Å². The second-order valence-electron chi connectivity index (χ2n) is 8.73. The summed E-state index contributed by atoms with van der Waals surface area (Å²) >= 11 is 0. The van der Waals surface area contributed by atoms with Crippen molar-refractivity contribution in [3.63, 3.8) is 0 Å². The molecule has 0 fully saturated rings. The normalized spacial score (nSPS) is 14.3. The molecular formula is C28H33N3O2. The number of aryl methyl sites for hydroxylation is 1. The Morgan fingerprint density at radius 3 is 2.52 bits per heavy atom. The van der Waals surface area contributed by atoms with Gasteiger partial charge >= 0.3 is 0 Å². The number of ether oxygens (including phenoxy) is 1. The van der Waals surface area contributed by atoms with Crippen molar-refractivity contribution in [3.8, 4) is 11.4 Å². The minimum Gasteiger partial charge on any atom is -0.489 e. The molecule has 3 heterocycles. The molecule has 5 rings (SSSR count). The quantitative estimate of drug-likeness (QED) is 0.465. The Morgan fingerprint density at radius 2 is 1.79 bits per heavy atom. The smallest absolute Gasteiger partial charge is 0.258 e. The lowest BCUT2D eigenvalue weighted by Crippen LogP contribution is -2.43. The van der Waals surface area contributed by atoms with Gasteiger partial charge in [-0.25, -0.2) is 0 Å². The maximum absolute atomic E-state index is 12.8. The Hall–Kier alpha value is -3.31. The van der Waals surface area contributed by atoms with Crippen LogP contribution in [-0.2, 0) is 25.6 Å². The molecule has 172 valence electrons. The van der Waals surface area contributed by atoms with E-state index < -0.39 is 0 Å². The average Bonchev–Trinajstić information content (AvgIpc) is 3.12. The van der Waals surface area contributed by atoms with Gasteiger partial charge in [-0.1, -0.05) is 50.2 Å². The fourth-order valence-electron chi connectivity index (χ4n) is 4.79.